The van der Waals surface area contributed by atoms with E-state index < -0.39 is 0 Å². The van der Waals surface area contributed by atoms with Crippen molar-refractivity contribution in [1.82, 2.24) is 4.90 Å². The molecule has 1 aromatic heterocycles. The maximum Gasteiger partial charge on any atom is 0.336 e. The summed E-state index contributed by atoms with van der Waals surface area (Å²) in [6, 6.07) is 16.2. The Hall–Kier alpha value is -2.59. The molecule has 26 heavy (non-hydrogen) atoms. The fourth-order valence-corrected chi connectivity index (χ4v) is 3.68. The number of ether oxygens (including phenoxy) is 1. The predicted molar refractivity (Wildman–Crippen MR) is 102 cm³/mol. The summed E-state index contributed by atoms with van der Waals surface area (Å²) >= 11 is 0. The van der Waals surface area contributed by atoms with E-state index in [1.165, 1.54) is 5.56 Å². The Kier molecular flexibility index (Phi) is 4.51. The van der Waals surface area contributed by atoms with Crippen LogP contribution in [0.2, 0.25) is 0 Å². The van der Waals surface area contributed by atoms with Gasteiger partial charge in [0.15, 0.2) is 0 Å². The van der Waals surface area contributed by atoms with Crippen molar-refractivity contribution in [2.45, 2.75) is 39.3 Å². The van der Waals surface area contributed by atoms with Crippen molar-refractivity contribution < 1.29 is 9.15 Å². The zero-order valence-corrected chi connectivity index (χ0v) is 15.2. The second-order valence-electron chi connectivity index (χ2n) is 6.87. The first kappa shape index (κ1) is 16.9. The molecule has 0 saturated carbocycles. The lowest BCUT2D eigenvalue weighted by Crippen LogP contribution is -2.34. The normalized spacial score (nSPS) is 15.5. The van der Waals surface area contributed by atoms with Crippen LogP contribution in [0.5, 0.6) is 5.75 Å². The van der Waals surface area contributed by atoms with E-state index in [2.05, 4.69) is 43.0 Å². The minimum atomic E-state index is -0.289. The molecule has 0 fully saturated rings. The van der Waals surface area contributed by atoms with Crippen LogP contribution in [-0.2, 0) is 13.0 Å². The van der Waals surface area contributed by atoms with Crippen LogP contribution in [0.1, 0.15) is 43.0 Å². The summed E-state index contributed by atoms with van der Waals surface area (Å²) in [4.78, 5) is 14.3. The van der Waals surface area contributed by atoms with Crippen molar-refractivity contribution in [3.8, 4) is 5.75 Å². The monoisotopic (exact) mass is 349 g/mol. The van der Waals surface area contributed by atoms with E-state index in [9.17, 15) is 4.79 Å². The molecule has 0 amide bonds. The van der Waals surface area contributed by atoms with Gasteiger partial charge in [0.25, 0.3) is 0 Å². The topological polar surface area (TPSA) is 42.7 Å². The molecule has 0 saturated heterocycles. The van der Waals surface area contributed by atoms with Crippen molar-refractivity contribution in [2.75, 3.05) is 6.73 Å². The van der Waals surface area contributed by atoms with Crippen LogP contribution in [-0.4, -0.2) is 11.6 Å². The Morgan fingerprint density at radius 2 is 1.96 bits per heavy atom. The van der Waals surface area contributed by atoms with Gasteiger partial charge in [-0.05, 0) is 36.6 Å². The zero-order valence-electron chi connectivity index (χ0n) is 15.2. The predicted octanol–water partition coefficient (Wildman–Crippen LogP) is 4.66. The number of hydrogen-bond acceptors (Lipinski definition) is 4. The van der Waals surface area contributed by atoms with Crippen molar-refractivity contribution >= 4 is 11.0 Å². The fraction of sp³-hybridized carbons (Fsp3) is 0.318. The third-order valence-corrected chi connectivity index (χ3v) is 5.15. The van der Waals surface area contributed by atoms with E-state index in [0.717, 1.165) is 35.1 Å². The minimum absolute atomic E-state index is 0.213. The first-order valence-corrected chi connectivity index (χ1v) is 9.17. The third kappa shape index (κ3) is 3.01. The van der Waals surface area contributed by atoms with E-state index in [1.54, 1.807) is 6.07 Å². The Morgan fingerprint density at radius 1 is 1.15 bits per heavy atom. The number of aryl methyl sites for hydroxylation is 1. The molecule has 2 heterocycles. The number of nitrogens with zero attached hydrogens (tertiary/aromatic N) is 1. The SMILES string of the molecule is CCCc1cc(=O)oc2c3c(ccc12)OCN([C@@H](C)c1ccccc1)C3. The van der Waals surface area contributed by atoms with Crippen molar-refractivity contribution in [2.24, 2.45) is 0 Å². The molecule has 0 radical (unpaired) electrons. The summed E-state index contributed by atoms with van der Waals surface area (Å²) in [6.45, 7) is 5.51. The van der Waals surface area contributed by atoms with Gasteiger partial charge in [-0.3, -0.25) is 4.90 Å². The fourth-order valence-electron chi connectivity index (χ4n) is 3.68. The highest BCUT2D eigenvalue weighted by molar-refractivity contribution is 5.85. The van der Waals surface area contributed by atoms with Gasteiger partial charge in [0.1, 0.15) is 18.1 Å². The summed E-state index contributed by atoms with van der Waals surface area (Å²) < 4.78 is 11.6. The molecule has 1 aliphatic rings. The smallest absolute Gasteiger partial charge is 0.336 e. The van der Waals surface area contributed by atoms with Gasteiger partial charge in [0, 0.05) is 24.0 Å². The van der Waals surface area contributed by atoms with Gasteiger partial charge in [-0.25, -0.2) is 4.79 Å². The highest BCUT2D eigenvalue weighted by Gasteiger charge is 2.26. The second kappa shape index (κ2) is 6.96. The molecular weight excluding hydrogens is 326 g/mol. The lowest BCUT2D eigenvalue weighted by atomic mass is 10.0. The average molecular weight is 349 g/mol. The number of fused-ring (bicyclic) bond motifs is 3. The summed E-state index contributed by atoms with van der Waals surface area (Å²) in [6.07, 6.45) is 1.86. The molecule has 4 rings (SSSR count). The van der Waals surface area contributed by atoms with Crippen LogP contribution >= 0.6 is 0 Å². The van der Waals surface area contributed by atoms with Crippen molar-refractivity contribution in [1.29, 1.82) is 0 Å². The molecule has 0 bridgehead atoms. The van der Waals surface area contributed by atoms with Crippen molar-refractivity contribution in [3.63, 3.8) is 0 Å². The quantitative estimate of drug-likeness (QED) is 0.643. The van der Waals surface area contributed by atoms with Gasteiger partial charge in [0.2, 0.25) is 0 Å². The molecule has 4 nitrogen and oxygen atoms in total. The molecule has 0 N–H and O–H groups in total. The summed E-state index contributed by atoms with van der Waals surface area (Å²) in [7, 11) is 0. The van der Waals surface area contributed by atoms with E-state index in [0.29, 0.717) is 18.9 Å². The lowest BCUT2D eigenvalue weighted by Gasteiger charge is -2.34. The molecule has 1 aliphatic heterocycles. The maximum absolute atomic E-state index is 12.1. The van der Waals surface area contributed by atoms with Gasteiger partial charge < -0.3 is 9.15 Å². The van der Waals surface area contributed by atoms with Crippen LogP contribution in [0.4, 0.5) is 0 Å². The molecule has 2 aromatic carbocycles. The number of benzene rings is 2. The number of rotatable bonds is 4. The molecule has 3 aromatic rings. The van der Waals surface area contributed by atoms with Crippen LogP contribution in [0.3, 0.4) is 0 Å². The van der Waals surface area contributed by atoms with Crippen LogP contribution in [0.15, 0.2) is 57.7 Å². The molecule has 4 heteroatoms. The van der Waals surface area contributed by atoms with E-state index >= 15 is 0 Å². The Balaban J connectivity index is 1.76. The second-order valence-corrected chi connectivity index (χ2v) is 6.87. The Bertz CT molecular complexity index is 978. The van der Waals surface area contributed by atoms with Gasteiger partial charge >= 0.3 is 5.63 Å². The van der Waals surface area contributed by atoms with E-state index in [4.69, 9.17) is 9.15 Å². The molecule has 0 spiro atoms. The van der Waals surface area contributed by atoms with Crippen LogP contribution < -0.4 is 10.4 Å². The lowest BCUT2D eigenvalue weighted by molar-refractivity contribution is 0.0620. The van der Waals surface area contributed by atoms with Gasteiger partial charge in [-0.2, -0.15) is 0 Å². The molecule has 134 valence electrons. The summed E-state index contributed by atoms with van der Waals surface area (Å²) in [5.41, 5.74) is 3.64. The highest BCUT2D eigenvalue weighted by atomic mass is 16.5. The Morgan fingerprint density at radius 3 is 2.73 bits per heavy atom. The van der Waals surface area contributed by atoms with Crippen LogP contribution in [0, 0.1) is 0 Å². The molecule has 0 unspecified atom stereocenters. The van der Waals surface area contributed by atoms with Gasteiger partial charge in [0.05, 0.1) is 5.56 Å². The summed E-state index contributed by atoms with van der Waals surface area (Å²) in [5, 5.41) is 1.02. The molecule has 0 aliphatic carbocycles. The van der Waals surface area contributed by atoms with E-state index in [1.807, 2.05) is 18.2 Å². The molecule has 1 atom stereocenters. The van der Waals surface area contributed by atoms with Gasteiger partial charge in [-0.1, -0.05) is 43.7 Å². The first-order valence-electron chi connectivity index (χ1n) is 9.17. The maximum atomic E-state index is 12.1. The molecular formula is C22H23NO3. The third-order valence-electron chi connectivity index (χ3n) is 5.15. The van der Waals surface area contributed by atoms with Crippen molar-refractivity contribution in [3.05, 3.63) is 75.6 Å². The number of hydrogen-bond donors (Lipinski definition) is 0. The average Bonchev–Trinajstić information content (AvgIpc) is 2.67. The van der Waals surface area contributed by atoms with Crippen LogP contribution in [0.25, 0.3) is 11.0 Å². The zero-order chi connectivity index (χ0) is 18.1. The standard InChI is InChI=1S/C22H23NO3/c1-3-7-17-12-21(24)26-22-18(17)10-11-20-19(22)13-23(14-25-20)15(2)16-8-5-4-6-9-16/h4-6,8-12,15H,3,7,13-14H2,1-2H3/t15-/m0/s1. The largest absolute Gasteiger partial charge is 0.478 e. The van der Waals surface area contributed by atoms with E-state index in [-0.39, 0.29) is 11.7 Å². The first-order chi connectivity index (χ1) is 12.7. The van der Waals surface area contributed by atoms with Gasteiger partial charge in [-0.15, -0.1) is 0 Å². The highest BCUT2D eigenvalue weighted by Crippen LogP contribution is 2.35. The summed E-state index contributed by atoms with van der Waals surface area (Å²) in [5.74, 6) is 0.811. The Labute approximate surface area is 153 Å². The minimum Gasteiger partial charge on any atom is -0.478 e.